The number of aliphatic imine (C=N–C) groups is 2. The molecule has 0 radical (unpaired) electrons. The molecule has 8 heteroatoms. The summed E-state index contributed by atoms with van der Waals surface area (Å²) in [6.45, 7) is 9.59. The molecule has 0 aromatic heterocycles. The lowest BCUT2D eigenvalue weighted by Crippen LogP contribution is -2.61. The first-order valence-corrected chi connectivity index (χ1v) is 17.2. The highest BCUT2D eigenvalue weighted by molar-refractivity contribution is 6.00. The first kappa shape index (κ1) is 30.6. The Morgan fingerprint density at radius 1 is 0.600 bits per heavy atom. The van der Waals surface area contributed by atoms with E-state index in [0.717, 1.165) is 50.8 Å². The summed E-state index contributed by atoms with van der Waals surface area (Å²) < 4.78 is 25.9. The number of anilines is 2. The molecule has 0 amide bonds. The predicted octanol–water partition coefficient (Wildman–Crippen LogP) is 8.73. The Labute approximate surface area is 292 Å². The van der Waals surface area contributed by atoms with Crippen molar-refractivity contribution in [2.75, 3.05) is 37.1 Å². The molecule has 0 fully saturated rings. The summed E-state index contributed by atoms with van der Waals surface area (Å²) in [6.07, 6.45) is 3.90. The molecule has 5 aromatic rings. The largest absolute Gasteiger partial charge is 0.490 e. The molecular formula is C42H40N4O4. The van der Waals surface area contributed by atoms with Gasteiger partial charge in [-0.15, -0.1) is 0 Å². The monoisotopic (exact) mass is 664 g/mol. The van der Waals surface area contributed by atoms with Crippen LogP contribution in [0, 0.1) is 0 Å². The Morgan fingerprint density at radius 2 is 1.20 bits per heavy atom. The van der Waals surface area contributed by atoms with E-state index in [1.165, 1.54) is 11.1 Å². The van der Waals surface area contributed by atoms with Gasteiger partial charge in [-0.1, -0.05) is 54.6 Å². The molecule has 2 atom stereocenters. The predicted molar refractivity (Wildman–Crippen MR) is 200 cm³/mol. The Kier molecular flexibility index (Phi) is 6.42. The number of ether oxygens (including phenoxy) is 4. The van der Waals surface area contributed by atoms with E-state index in [-0.39, 0.29) is 10.8 Å². The number of rotatable bonds is 5. The van der Waals surface area contributed by atoms with Gasteiger partial charge in [-0.2, -0.15) is 0 Å². The van der Waals surface area contributed by atoms with Crippen molar-refractivity contribution >= 4 is 46.0 Å². The molecule has 0 saturated heterocycles. The molecule has 0 aliphatic carbocycles. The second kappa shape index (κ2) is 10.5. The molecule has 0 N–H and O–H groups in total. The zero-order chi connectivity index (χ0) is 34.5. The number of nitrogens with zero attached hydrogens (tertiary/aromatic N) is 4. The molecule has 4 heterocycles. The van der Waals surface area contributed by atoms with Crippen LogP contribution in [-0.4, -0.2) is 51.2 Å². The molecule has 5 aromatic carbocycles. The van der Waals surface area contributed by atoms with Crippen LogP contribution in [0.4, 0.5) is 22.7 Å². The van der Waals surface area contributed by atoms with Gasteiger partial charge in [0.05, 0.1) is 23.3 Å². The highest BCUT2D eigenvalue weighted by Crippen LogP contribution is 2.56. The van der Waals surface area contributed by atoms with Gasteiger partial charge in [-0.3, -0.25) is 9.98 Å². The van der Waals surface area contributed by atoms with Crippen LogP contribution in [0.1, 0.15) is 38.8 Å². The molecule has 9 rings (SSSR count). The van der Waals surface area contributed by atoms with Crippen molar-refractivity contribution in [3.05, 3.63) is 108 Å². The van der Waals surface area contributed by atoms with E-state index in [0.29, 0.717) is 19.0 Å². The third-order valence-corrected chi connectivity index (χ3v) is 11.4. The molecule has 8 nitrogen and oxygen atoms in total. The van der Waals surface area contributed by atoms with Gasteiger partial charge in [-0.25, -0.2) is 0 Å². The first-order valence-electron chi connectivity index (χ1n) is 17.2. The van der Waals surface area contributed by atoms with Crippen LogP contribution in [0.2, 0.25) is 0 Å². The minimum absolute atomic E-state index is 0.299. The second-order valence-corrected chi connectivity index (χ2v) is 14.6. The van der Waals surface area contributed by atoms with Crippen molar-refractivity contribution in [3.8, 4) is 23.0 Å². The number of hydrogen-bond donors (Lipinski definition) is 0. The van der Waals surface area contributed by atoms with Gasteiger partial charge in [0, 0.05) is 43.0 Å². The fourth-order valence-electron chi connectivity index (χ4n) is 8.41. The van der Waals surface area contributed by atoms with Crippen molar-refractivity contribution in [1.82, 2.24) is 0 Å². The standard InChI is InChI=1S/C42H40N4O4/c1-39(2)31-13-9-10-14-34(31)45(5)41(39)25-43-33-23-28(17-20-36(33)49-41)47-21-22-48-29-16-18-32-35(24-29)46(6)42(40(32,3)4)26-44-38-30-12-8-7-11-27(30)15-19-37(38)50-42/h7-20,23-26H,21-22H2,1-6H3. The zero-order valence-corrected chi connectivity index (χ0v) is 29.2. The van der Waals surface area contributed by atoms with Crippen molar-refractivity contribution in [1.29, 1.82) is 0 Å². The van der Waals surface area contributed by atoms with Crippen LogP contribution in [0.3, 0.4) is 0 Å². The van der Waals surface area contributed by atoms with Crippen LogP contribution >= 0.6 is 0 Å². The number of fused-ring (bicyclic) bond motifs is 6. The van der Waals surface area contributed by atoms with Crippen LogP contribution < -0.4 is 28.7 Å². The summed E-state index contributed by atoms with van der Waals surface area (Å²) in [5, 5.41) is 2.23. The lowest BCUT2D eigenvalue weighted by atomic mass is 9.77. The molecule has 252 valence electrons. The minimum atomic E-state index is -0.780. The van der Waals surface area contributed by atoms with Crippen LogP contribution in [-0.2, 0) is 10.8 Å². The van der Waals surface area contributed by atoms with Crippen LogP contribution in [0.15, 0.2) is 107 Å². The summed E-state index contributed by atoms with van der Waals surface area (Å²) in [5.74, 6) is 3.00. The van der Waals surface area contributed by atoms with Gasteiger partial charge >= 0.3 is 0 Å². The summed E-state index contributed by atoms with van der Waals surface area (Å²) >= 11 is 0. The number of likely N-dealkylation sites (N-methyl/N-ethyl adjacent to an activating group) is 2. The molecule has 0 saturated carbocycles. The highest BCUT2D eigenvalue weighted by atomic mass is 16.5. The van der Waals surface area contributed by atoms with Gasteiger partial charge in [0.15, 0.2) is 0 Å². The van der Waals surface area contributed by atoms with E-state index < -0.39 is 11.4 Å². The maximum Gasteiger partial charge on any atom is 0.228 e. The number of para-hydroxylation sites is 1. The van der Waals surface area contributed by atoms with Gasteiger partial charge in [0.1, 0.15) is 47.6 Å². The Bertz CT molecular complexity index is 2260. The Morgan fingerprint density at radius 3 is 1.98 bits per heavy atom. The maximum atomic E-state index is 6.88. The lowest BCUT2D eigenvalue weighted by molar-refractivity contribution is 0.0823. The van der Waals surface area contributed by atoms with Gasteiger partial charge < -0.3 is 28.7 Å². The molecule has 2 unspecified atom stereocenters. The quantitative estimate of drug-likeness (QED) is 0.175. The van der Waals surface area contributed by atoms with Crippen LogP contribution in [0.5, 0.6) is 23.0 Å². The summed E-state index contributed by atoms with van der Waals surface area (Å²) in [7, 11) is 4.13. The Balaban J connectivity index is 0.875. The van der Waals surface area contributed by atoms with Crippen LogP contribution in [0.25, 0.3) is 10.8 Å². The maximum absolute atomic E-state index is 6.88. The summed E-state index contributed by atoms with van der Waals surface area (Å²) in [6, 6.07) is 32.9. The third kappa shape index (κ3) is 4.05. The van der Waals surface area contributed by atoms with Gasteiger partial charge in [0.25, 0.3) is 0 Å². The van der Waals surface area contributed by atoms with Crippen molar-refractivity contribution in [3.63, 3.8) is 0 Å². The molecule has 4 aliphatic heterocycles. The third-order valence-electron chi connectivity index (χ3n) is 11.4. The Hall–Kier alpha value is -5.50. The topological polar surface area (TPSA) is 68.1 Å². The van der Waals surface area contributed by atoms with Gasteiger partial charge in [0.2, 0.25) is 11.4 Å². The van der Waals surface area contributed by atoms with E-state index in [4.69, 9.17) is 28.9 Å². The van der Waals surface area contributed by atoms with E-state index in [1.54, 1.807) is 0 Å². The first-order chi connectivity index (χ1) is 24.1. The van der Waals surface area contributed by atoms with Crippen molar-refractivity contribution in [2.24, 2.45) is 9.98 Å². The molecular weight excluding hydrogens is 624 g/mol. The fraction of sp³-hybridized carbons (Fsp3) is 0.286. The van der Waals surface area contributed by atoms with E-state index >= 15 is 0 Å². The van der Waals surface area contributed by atoms with E-state index in [1.807, 2.05) is 54.9 Å². The molecule has 50 heavy (non-hydrogen) atoms. The second-order valence-electron chi connectivity index (χ2n) is 14.6. The van der Waals surface area contributed by atoms with Gasteiger partial charge in [-0.05, 0) is 74.5 Å². The molecule has 4 aliphatic rings. The summed E-state index contributed by atoms with van der Waals surface area (Å²) in [5.41, 5.74) is 4.07. The van der Waals surface area contributed by atoms with E-state index in [9.17, 15) is 0 Å². The minimum Gasteiger partial charge on any atom is -0.490 e. The average molecular weight is 665 g/mol. The van der Waals surface area contributed by atoms with E-state index in [2.05, 4.69) is 106 Å². The number of benzene rings is 5. The van der Waals surface area contributed by atoms with Crippen molar-refractivity contribution in [2.45, 2.75) is 50.0 Å². The fourth-order valence-corrected chi connectivity index (χ4v) is 8.41. The normalized spacial score (nSPS) is 22.9. The molecule has 0 bridgehead atoms. The number of hydrogen-bond acceptors (Lipinski definition) is 8. The molecule has 2 spiro atoms. The average Bonchev–Trinajstić information content (AvgIpc) is 3.39. The highest BCUT2D eigenvalue weighted by Gasteiger charge is 2.59. The van der Waals surface area contributed by atoms with Crippen molar-refractivity contribution < 1.29 is 18.9 Å². The summed E-state index contributed by atoms with van der Waals surface area (Å²) in [4.78, 5) is 14.2. The smallest absolute Gasteiger partial charge is 0.228 e. The lowest BCUT2D eigenvalue weighted by Gasteiger charge is -2.44. The SMILES string of the molecule is CN1c2ccccc2C(C)(C)C12C=Nc1cc(OCCOc3ccc4c(c3)N(C)C3(C=Nc5c(ccc6ccccc56)O3)C4(C)C)ccc1O2. The zero-order valence-electron chi connectivity index (χ0n) is 29.2.